The van der Waals surface area contributed by atoms with Crippen molar-refractivity contribution in [2.45, 2.75) is 0 Å². The number of aromatic amines is 2. The van der Waals surface area contributed by atoms with Crippen molar-refractivity contribution in [1.82, 2.24) is 9.97 Å². The molecule has 0 amide bonds. The summed E-state index contributed by atoms with van der Waals surface area (Å²) < 4.78 is 0. The number of rotatable bonds is 0. The molecule has 0 saturated heterocycles. The van der Waals surface area contributed by atoms with Gasteiger partial charge in [-0.15, -0.1) is 0 Å². The number of aromatic nitrogens is 2. The SMILES string of the molecule is N#Cc1cc2[nH]c(=O)c3cc(C#N)cc4[nH]c(=O)c(c1)c2c43. The van der Waals surface area contributed by atoms with Crippen LogP contribution in [0.15, 0.2) is 33.9 Å². The number of H-pyrrole nitrogens is 2. The molecule has 102 valence electrons. The van der Waals surface area contributed by atoms with E-state index in [1.54, 1.807) is 12.1 Å². The van der Waals surface area contributed by atoms with Crippen molar-refractivity contribution < 1.29 is 0 Å². The van der Waals surface area contributed by atoms with Gasteiger partial charge in [-0.2, -0.15) is 10.5 Å². The monoisotopic (exact) mass is 286 g/mol. The average Bonchev–Trinajstić information content (AvgIpc) is 2.53. The number of nitriles is 2. The van der Waals surface area contributed by atoms with Gasteiger partial charge in [-0.25, -0.2) is 0 Å². The molecule has 0 unspecified atom stereocenters. The molecule has 0 spiro atoms. The van der Waals surface area contributed by atoms with E-state index >= 15 is 0 Å². The minimum atomic E-state index is -0.363. The van der Waals surface area contributed by atoms with Gasteiger partial charge in [-0.05, 0) is 24.3 Å². The van der Waals surface area contributed by atoms with E-state index in [-0.39, 0.29) is 11.1 Å². The molecule has 6 nitrogen and oxygen atoms in total. The molecule has 2 heterocycles. The van der Waals surface area contributed by atoms with Gasteiger partial charge in [-0.1, -0.05) is 0 Å². The Hall–Kier alpha value is -3.64. The van der Waals surface area contributed by atoms with E-state index in [1.165, 1.54) is 12.1 Å². The number of nitrogens with zero attached hydrogens (tertiary/aromatic N) is 2. The van der Waals surface area contributed by atoms with Crippen molar-refractivity contribution in [3.05, 3.63) is 56.1 Å². The highest BCUT2D eigenvalue weighted by atomic mass is 16.1. The highest BCUT2D eigenvalue weighted by Gasteiger charge is 2.16. The summed E-state index contributed by atoms with van der Waals surface area (Å²) in [6.45, 7) is 0. The normalized spacial score (nSPS) is 11.0. The Morgan fingerprint density at radius 1 is 0.727 bits per heavy atom. The highest BCUT2D eigenvalue weighted by Crippen LogP contribution is 2.30. The van der Waals surface area contributed by atoms with Gasteiger partial charge < -0.3 is 9.97 Å². The first-order valence-electron chi connectivity index (χ1n) is 6.41. The van der Waals surface area contributed by atoms with E-state index in [1.807, 2.05) is 12.1 Å². The summed E-state index contributed by atoms with van der Waals surface area (Å²) in [7, 11) is 0. The molecular formula is C16H6N4O2. The standard InChI is InChI=1S/C16H6N4O2/c17-5-7-1-9-13-11(3-7)20-16(22)10-2-8(6-18)4-12(14(10)13)19-15(9)21/h1-4H,(H,19,21)(H,20,22). The van der Waals surface area contributed by atoms with Crippen molar-refractivity contribution in [3.8, 4) is 12.1 Å². The molecule has 2 aromatic carbocycles. The molecule has 6 heteroatoms. The fraction of sp³-hybridized carbons (Fsp3) is 0. The van der Waals surface area contributed by atoms with Crippen LogP contribution < -0.4 is 11.1 Å². The fourth-order valence-electron chi connectivity index (χ4n) is 2.89. The maximum absolute atomic E-state index is 12.3. The summed E-state index contributed by atoms with van der Waals surface area (Å²) in [6.07, 6.45) is 0. The van der Waals surface area contributed by atoms with Crippen LogP contribution in [0.4, 0.5) is 0 Å². The Kier molecular flexibility index (Phi) is 2.17. The topological polar surface area (TPSA) is 113 Å². The molecule has 4 rings (SSSR count). The third-order valence-corrected chi connectivity index (χ3v) is 3.77. The van der Waals surface area contributed by atoms with Crippen molar-refractivity contribution >= 4 is 32.6 Å². The molecule has 2 N–H and O–H groups in total. The average molecular weight is 286 g/mol. The molecule has 0 saturated carbocycles. The Labute approximate surface area is 122 Å². The molecule has 4 aromatic rings. The largest absolute Gasteiger partial charge is 0.321 e. The van der Waals surface area contributed by atoms with Gasteiger partial charge in [0.1, 0.15) is 0 Å². The lowest BCUT2D eigenvalue weighted by molar-refractivity contribution is 1.31. The van der Waals surface area contributed by atoms with Crippen molar-refractivity contribution in [3.63, 3.8) is 0 Å². The Morgan fingerprint density at radius 2 is 1.14 bits per heavy atom. The molecule has 0 radical (unpaired) electrons. The van der Waals surface area contributed by atoms with Gasteiger partial charge >= 0.3 is 0 Å². The summed E-state index contributed by atoms with van der Waals surface area (Å²) in [4.78, 5) is 29.9. The Balaban J connectivity index is 2.46. The van der Waals surface area contributed by atoms with E-state index < -0.39 is 0 Å². The third kappa shape index (κ3) is 1.41. The predicted octanol–water partition coefficient (Wildman–Crippen LogP) is 1.70. The first-order valence-corrected chi connectivity index (χ1v) is 6.41. The summed E-state index contributed by atoms with van der Waals surface area (Å²) in [5, 5.41) is 20.0. The summed E-state index contributed by atoms with van der Waals surface area (Å²) >= 11 is 0. The van der Waals surface area contributed by atoms with Crippen LogP contribution in [0.1, 0.15) is 11.1 Å². The summed E-state index contributed by atoms with van der Waals surface area (Å²) in [5.74, 6) is 0. The number of hydrogen-bond donors (Lipinski definition) is 2. The van der Waals surface area contributed by atoms with Crippen molar-refractivity contribution in [1.29, 1.82) is 10.5 Å². The third-order valence-electron chi connectivity index (χ3n) is 3.77. The van der Waals surface area contributed by atoms with Crippen molar-refractivity contribution in [2.24, 2.45) is 0 Å². The first-order chi connectivity index (χ1) is 10.6. The van der Waals surface area contributed by atoms with Gasteiger partial charge in [0.15, 0.2) is 0 Å². The van der Waals surface area contributed by atoms with Gasteiger partial charge in [0.05, 0.1) is 45.1 Å². The Bertz CT molecular complexity index is 1180. The summed E-state index contributed by atoms with van der Waals surface area (Å²) in [5.41, 5.74) is 0.741. The number of hydrogen-bond acceptors (Lipinski definition) is 4. The molecule has 0 aliphatic rings. The van der Waals surface area contributed by atoms with E-state index in [2.05, 4.69) is 9.97 Å². The number of nitrogens with one attached hydrogen (secondary N) is 2. The smallest absolute Gasteiger partial charge is 0.256 e. The minimum absolute atomic E-state index is 0.296. The molecule has 2 aromatic heterocycles. The number of benzene rings is 2. The van der Waals surface area contributed by atoms with Crippen LogP contribution in [0.2, 0.25) is 0 Å². The van der Waals surface area contributed by atoms with Crippen LogP contribution >= 0.6 is 0 Å². The summed E-state index contributed by atoms with van der Waals surface area (Å²) in [6, 6.07) is 10.0. The zero-order valence-electron chi connectivity index (χ0n) is 11.0. The lowest BCUT2D eigenvalue weighted by Crippen LogP contribution is -2.13. The molecule has 0 atom stereocenters. The molecule has 0 fully saturated rings. The quantitative estimate of drug-likeness (QED) is 0.479. The molecular weight excluding hydrogens is 280 g/mol. The van der Waals surface area contributed by atoms with E-state index in [0.29, 0.717) is 43.7 Å². The Morgan fingerprint density at radius 3 is 1.50 bits per heavy atom. The van der Waals surface area contributed by atoms with E-state index in [0.717, 1.165) is 0 Å². The molecule has 0 aliphatic heterocycles. The van der Waals surface area contributed by atoms with E-state index in [9.17, 15) is 9.59 Å². The van der Waals surface area contributed by atoms with Crippen LogP contribution in [-0.4, -0.2) is 9.97 Å². The van der Waals surface area contributed by atoms with Gasteiger partial charge in [-0.3, -0.25) is 9.59 Å². The lowest BCUT2D eigenvalue weighted by atomic mass is 9.98. The highest BCUT2D eigenvalue weighted by molar-refractivity contribution is 6.20. The van der Waals surface area contributed by atoms with Crippen molar-refractivity contribution in [2.75, 3.05) is 0 Å². The number of pyridine rings is 2. The first kappa shape index (κ1) is 12.1. The van der Waals surface area contributed by atoms with Crippen LogP contribution in [0.5, 0.6) is 0 Å². The van der Waals surface area contributed by atoms with Gasteiger partial charge in [0, 0.05) is 10.8 Å². The van der Waals surface area contributed by atoms with Crippen LogP contribution in [-0.2, 0) is 0 Å². The van der Waals surface area contributed by atoms with Gasteiger partial charge in [0.25, 0.3) is 11.1 Å². The van der Waals surface area contributed by atoms with Crippen LogP contribution in [0.3, 0.4) is 0 Å². The van der Waals surface area contributed by atoms with Crippen LogP contribution in [0, 0.1) is 22.7 Å². The minimum Gasteiger partial charge on any atom is -0.321 e. The molecule has 0 aliphatic carbocycles. The lowest BCUT2D eigenvalue weighted by Gasteiger charge is -2.10. The zero-order valence-corrected chi connectivity index (χ0v) is 11.0. The van der Waals surface area contributed by atoms with Gasteiger partial charge in [0.2, 0.25) is 0 Å². The second-order valence-corrected chi connectivity index (χ2v) is 5.02. The molecule has 22 heavy (non-hydrogen) atoms. The fourth-order valence-corrected chi connectivity index (χ4v) is 2.89. The van der Waals surface area contributed by atoms with E-state index in [4.69, 9.17) is 10.5 Å². The zero-order chi connectivity index (χ0) is 15.4. The van der Waals surface area contributed by atoms with Crippen LogP contribution in [0.25, 0.3) is 32.6 Å². The molecule has 0 bridgehead atoms. The second kappa shape index (κ2) is 3.94. The maximum Gasteiger partial charge on any atom is 0.256 e. The second-order valence-electron chi connectivity index (χ2n) is 5.02. The maximum atomic E-state index is 12.3. The predicted molar refractivity (Wildman–Crippen MR) is 80.8 cm³/mol.